The number of fused-ring (bicyclic) bond motifs is 2. The molecule has 1 saturated carbocycles. The van der Waals surface area contributed by atoms with Gasteiger partial charge in [-0.15, -0.1) is 0 Å². The van der Waals surface area contributed by atoms with Gasteiger partial charge in [0.15, 0.2) is 0 Å². The minimum atomic E-state index is 0.620. The second-order valence-corrected chi connectivity index (χ2v) is 3.82. The number of nitrogens with zero attached hydrogens (tertiary/aromatic N) is 1. The first-order valence-corrected chi connectivity index (χ1v) is 4.58. The van der Waals surface area contributed by atoms with Crippen molar-refractivity contribution in [2.45, 2.75) is 45.2 Å². The average molecular weight is 152 g/mol. The third kappa shape index (κ3) is 1.15. The van der Waals surface area contributed by atoms with Gasteiger partial charge in [0.2, 0.25) is 0 Å². The van der Waals surface area contributed by atoms with Crippen molar-refractivity contribution < 1.29 is 0 Å². The van der Waals surface area contributed by atoms with Crippen LogP contribution < -0.4 is 5.32 Å². The van der Waals surface area contributed by atoms with Crippen molar-refractivity contribution in [2.75, 3.05) is 0 Å². The molecule has 11 heavy (non-hydrogen) atoms. The molecule has 3 unspecified atom stereocenters. The van der Waals surface area contributed by atoms with Crippen LogP contribution in [0.3, 0.4) is 0 Å². The maximum atomic E-state index is 4.59. The van der Waals surface area contributed by atoms with Crippen LogP contribution in [0, 0.1) is 5.92 Å². The summed E-state index contributed by atoms with van der Waals surface area (Å²) in [4.78, 5) is 4.59. The van der Waals surface area contributed by atoms with Gasteiger partial charge in [0.25, 0.3) is 0 Å². The Bertz CT molecular complexity index is 186. The minimum Gasteiger partial charge on any atom is -0.371 e. The molecule has 2 heteroatoms. The summed E-state index contributed by atoms with van der Waals surface area (Å²) in [6, 6.07) is 1.33. The Morgan fingerprint density at radius 3 is 3.00 bits per heavy atom. The summed E-state index contributed by atoms with van der Waals surface area (Å²) in [5.74, 6) is 1.91. The number of rotatable bonds is 0. The molecule has 2 bridgehead atoms. The van der Waals surface area contributed by atoms with Crippen molar-refractivity contribution in [3.8, 4) is 0 Å². The lowest BCUT2D eigenvalue weighted by Gasteiger charge is -2.39. The first-order chi connectivity index (χ1) is 5.27. The second-order valence-electron chi connectivity index (χ2n) is 3.82. The number of aliphatic imine (C=N–C) groups is 1. The summed E-state index contributed by atoms with van der Waals surface area (Å²) in [6.07, 6.45) is 3.99. The fourth-order valence-electron chi connectivity index (χ4n) is 2.28. The lowest BCUT2D eigenvalue weighted by molar-refractivity contribution is 0.254. The maximum Gasteiger partial charge on any atom is 0.0937 e. The molecule has 0 aromatic rings. The van der Waals surface area contributed by atoms with E-state index in [9.17, 15) is 0 Å². The predicted molar refractivity (Wildman–Crippen MR) is 46.8 cm³/mol. The van der Waals surface area contributed by atoms with Crippen molar-refractivity contribution >= 4 is 5.84 Å². The van der Waals surface area contributed by atoms with E-state index in [1.54, 1.807) is 0 Å². The highest BCUT2D eigenvalue weighted by molar-refractivity contribution is 5.80. The molecule has 0 aromatic carbocycles. The van der Waals surface area contributed by atoms with E-state index in [0.29, 0.717) is 12.1 Å². The van der Waals surface area contributed by atoms with Crippen LogP contribution >= 0.6 is 0 Å². The Hall–Kier alpha value is -0.530. The molecule has 2 nitrogen and oxygen atoms in total. The molecule has 1 N–H and O–H groups in total. The SMILES string of the molecule is CC1=NC2CCCC(N1)C2C. The summed E-state index contributed by atoms with van der Waals surface area (Å²) in [7, 11) is 0. The molecule has 1 aliphatic carbocycles. The molecule has 0 aromatic heterocycles. The van der Waals surface area contributed by atoms with E-state index in [1.165, 1.54) is 19.3 Å². The van der Waals surface area contributed by atoms with Gasteiger partial charge in [-0.1, -0.05) is 6.92 Å². The molecule has 62 valence electrons. The zero-order chi connectivity index (χ0) is 7.84. The summed E-state index contributed by atoms with van der Waals surface area (Å²) >= 11 is 0. The second kappa shape index (κ2) is 2.50. The zero-order valence-corrected chi connectivity index (χ0v) is 7.30. The summed E-state index contributed by atoms with van der Waals surface area (Å²) < 4.78 is 0. The molecule has 3 atom stereocenters. The van der Waals surface area contributed by atoms with Gasteiger partial charge in [-0.25, -0.2) is 0 Å². The number of hydrogen-bond acceptors (Lipinski definition) is 2. The van der Waals surface area contributed by atoms with Crippen LogP contribution in [0.4, 0.5) is 0 Å². The van der Waals surface area contributed by atoms with E-state index in [0.717, 1.165) is 11.8 Å². The standard InChI is InChI=1S/C9H16N2/c1-6-8-4-3-5-9(6)11-7(2)10-8/h6,8-9H,3-5H2,1-2H3,(H,10,11). The molecule has 2 rings (SSSR count). The largest absolute Gasteiger partial charge is 0.371 e. The molecule has 0 spiro atoms. The van der Waals surface area contributed by atoms with Crippen LogP contribution in [0.25, 0.3) is 0 Å². The monoisotopic (exact) mass is 152 g/mol. The van der Waals surface area contributed by atoms with E-state index in [1.807, 2.05) is 0 Å². The summed E-state index contributed by atoms with van der Waals surface area (Å²) in [5, 5.41) is 3.45. The Morgan fingerprint density at radius 1 is 1.45 bits per heavy atom. The van der Waals surface area contributed by atoms with E-state index >= 15 is 0 Å². The zero-order valence-electron chi connectivity index (χ0n) is 7.30. The minimum absolute atomic E-state index is 0.620. The van der Waals surface area contributed by atoms with Crippen LogP contribution in [0.5, 0.6) is 0 Å². The summed E-state index contributed by atoms with van der Waals surface area (Å²) in [6.45, 7) is 4.40. The highest BCUT2D eigenvalue weighted by atomic mass is 15.1. The van der Waals surface area contributed by atoms with E-state index < -0.39 is 0 Å². The maximum absolute atomic E-state index is 4.59. The fraction of sp³-hybridized carbons (Fsp3) is 0.889. The van der Waals surface area contributed by atoms with Gasteiger partial charge in [0, 0.05) is 6.04 Å². The number of nitrogens with one attached hydrogen (secondary N) is 1. The van der Waals surface area contributed by atoms with Crippen LogP contribution in [0.2, 0.25) is 0 Å². The van der Waals surface area contributed by atoms with E-state index in [-0.39, 0.29) is 0 Å². The molecule has 1 aliphatic heterocycles. The Balaban J connectivity index is 2.21. The predicted octanol–water partition coefficient (Wildman–Crippen LogP) is 1.57. The van der Waals surface area contributed by atoms with Crippen molar-refractivity contribution in [2.24, 2.45) is 10.9 Å². The molecular weight excluding hydrogens is 136 g/mol. The van der Waals surface area contributed by atoms with Crippen LogP contribution in [-0.2, 0) is 0 Å². The van der Waals surface area contributed by atoms with Crippen LogP contribution in [-0.4, -0.2) is 17.9 Å². The van der Waals surface area contributed by atoms with Crippen molar-refractivity contribution in [1.82, 2.24) is 5.32 Å². The summed E-state index contributed by atoms with van der Waals surface area (Å²) in [5.41, 5.74) is 0. The highest BCUT2D eigenvalue weighted by Gasteiger charge is 2.32. The molecule has 0 radical (unpaired) electrons. The lowest BCUT2D eigenvalue weighted by atomic mass is 9.81. The topological polar surface area (TPSA) is 24.4 Å². The quantitative estimate of drug-likeness (QED) is 0.559. The third-order valence-corrected chi connectivity index (χ3v) is 3.01. The van der Waals surface area contributed by atoms with Crippen molar-refractivity contribution in [3.63, 3.8) is 0 Å². The van der Waals surface area contributed by atoms with Gasteiger partial charge in [0.1, 0.15) is 0 Å². The molecule has 2 aliphatic rings. The Kier molecular flexibility index (Phi) is 1.63. The number of amidine groups is 1. The average Bonchev–Trinajstić information content (AvgIpc) is 1.92. The molecule has 0 saturated heterocycles. The Labute approximate surface area is 68.1 Å². The first-order valence-electron chi connectivity index (χ1n) is 4.58. The van der Waals surface area contributed by atoms with E-state index in [4.69, 9.17) is 0 Å². The Morgan fingerprint density at radius 2 is 2.27 bits per heavy atom. The smallest absolute Gasteiger partial charge is 0.0937 e. The van der Waals surface area contributed by atoms with Crippen molar-refractivity contribution in [3.05, 3.63) is 0 Å². The van der Waals surface area contributed by atoms with Gasteiger partial charge in [0.05, 0.1) is 11.9 Å². The number of hydrogen-bond donors (Lipinski definition) is 1. The molecule has 1 fully saturated rings. The normalized spacial score (nSPS) is 42.7. The van der Waals surface area contributed by atoms with Gasteiger partial charge in [-0.2, -0.15) is 0 Å². The van der Waals surface area contributed by atoms with E-state index in [2.05, 4.69) is 24.2 Å². The molecular formula is C9H16N2. The van der Waals surface area contributed by atoms with Gasteiger partial charge < -0.3 is 5.32 Å². The highest BCUT2D eigenvalue weighted by Crippen LogP contribution is 2.29. The van der Waals surface area contributed by atoms with Crippen molar-refractivity contribution in [1.29, 1.82) is 0 Å². The third-order valence-electron chi connectivity index (χ3n) is 3.01. The van der Waals surface area contributed by atoms with Gasteiger partial charge in [-0.05, 0) is 32.1 Å². The van der Waals surface area contributed by atoms with Crippen LogP contribution in [0.15, 0.2) is 4.99 Å². The van der Waals surface area contributed by atoms with Gasteiger partial charge in [-0.3, -0.25) is 4.99 Å². The lowest BCUT2D eigenvalue weighted by Crippen LogP contribution is -2.49. The fourth-order valence-corrected chi connectivity index (χ4v) is 2.28. The molecule has 1 heterocycles. The van der Waals surface area contributed by atoms with Crippen LogP contribution in [0.1, 0.15) is 33.1 Å². The van der Waals surface area contributed by atoms with Gasteiger partial charge >= 0.3 is 0 Å². The first kappa shape index (κ1) is 7.14. The molecule has 0 amide bonds.